The molecule has 0 amide bonds. The summed E-state index contributed by atoms with van der Waals surface area (Å²) in [4.78, 5) is 6.70. The second kappa shape index (κ2) is 7.21. The highest BCUT2D eigenvalue weighted by atomic mass is 32.1. The standard InChI is InChI=1S/C14H20N4OS/c1-3-13-16-14(20-17-13)18(10-6-9-15)11-7-4-5-8-12(11)19-2/h4-5,7-8H,3,6,9-10,15H2,1-2H3. The maximum absolute atomic E-state index is 5.64. The molecule has 0 bridgehead atoms. The first-order valence-corrected chi connectivity index (χ1v) is 7.50. The number of hydrogen-bond donors (Lipinski definition) is 1. The van der Waals surface area contributed by atoms with Gasteiger partial charge in [-0.05, 0) is 25.1 Å². The summed E-state index contributed by atoms with van der Waals surface area (Å²) in [7, 11) is 1.68. The maximum Gasteiger partial charge on any atom is 0.209 e. The van der Waals surface area contributed by atoms with E-state index in [4.69, 9.17) is 10.5 Å². The van der Waals surface area contributed by atoms with Gasteiger partial charge in [-0.3, -0.25) is 0 Å². The van der Waals surface area contributed by atoms with E-state index in [1.807, 2.05) is 24.3 Å². The molecule has 0 spiro atoms. The molecule has 108 valence electrons. The first kappa shape index (κ1) is 14.7. The molecule has 0 atom stereocenters. The minimum absolute atomic E-state index is 0.644. The van der Waals surface area contributed by atoms with Gasteiger partial charge in [-0.2, -0.15) is 4.37 Å². The number of rotatable bonds is 7. The van der Waals surface area contributed by atoms with Crippen LogP contribution in [0.15, 0.2) is 24.3 Å². The molecule has 0 unspecified atom stereocenters. The predicted octanol–water partition coefficient (Wildman–Crippen LogP) is 2.60. The van der Waals surface area contributed by atoms with E-state index in [1.54, 1.807) is 7.11 Å². The van der Waals surface area contributed by atoms with Gasteiger partial charge in [-0.1, -0.05) is 19.1 Å². The van der Waals surface area contributed by atoms with Crippen molar-refractivity contribution >= 4 is 22.4 Å². The summed E-state index contributed by atoms with van der Waals surface area (Å²) in [6, 6.07) is 7.94. The van der Waals surface area contributed by atoms with E-state index in [2.05, 4.69) is 21.2 Å². The highest BCUT2D eigenvalue weighted by Crippen LogP contribution is 2.34. The Morgan fingerprint density at radius 2 is 2.15 bits per heavy atom. The Hall–Kier alpha value is -1.66. The lowest BCUT2D eigenvalue weighted by Crippen LogP contribution is -2.21. The van der Waals surface area contributed by atoms with Crippen LogP contribution in [0, 0.1) is 0 Å². The minimum Gasteiger partial charge on any atom is -0.495 e. The lowest BCUT2D eigenvalue weighted by molar-refractivity contribution is 0.415. The average molecular weight is 292 g/mol. The van der Waals surface area contributed by atoms with Crippen LogP contribution in [0.3, 0.4) is 0 Å². The lowest BCUT2D eigenvalue weighted by Gasteiger charge is -2.23. The largest absolute Gasteiger partial charge is 0.495 e. The van der Waals surface area contributed by atoms with Gasteiger partial charge in [0.2, 0.25) is 5.13 Å². The van der Waals surface area contributed by atoms with E-state index in [0.29, 0.717) is 6.54 Å². The van der Waals surface area contributed by atoms with Crippen LogP contribution < -0.4 is 15.4 Å². The monoisotopic (exact) mass is 292 g/mol. The first-order chi connectivity index (χ1) is 9.80. The smallest absolute Gasteiger partial charge is 0.209 e. The third kappa shape index (κ3) is 3.26. The van der Waals surface area contributed by atoms with E-state index in [1.165, 1.54) is 11.5 Å². The van der Waals surface area contributed by atoms with E-state index in [0.717, 1.165) is 41.8 Å². The zero-order valence-electron chi connectivity index (χ0n) is 11.9. The number of ether oxygens (including phenoxy) is 1. The van der Waals surface area contributed by atoms with Gasteiger partial charge in [0.05, 0.1) is 12.8 Å². The molecule has 1 heterocycles. The Kier molecular flexibility index (Phi) is 5.31. The van der Waals surface area contributed by atoms with Gasteiger partial charge in [-0.15, -0.1) is 0 Å². The van der Waals surface area contributed by atoms with Gasteiger partial charge < -0.3 is 15.4 Å². The van der Waals surface area contributed by atoms with Gasteiger partial charge in [0.15, 0.2) is 0 Å². The molecule has 6 heteroatoms. The van der Waals surface area contributed by atoms with Crippen LogP contribution in [0.4, 0.5) is 10.8 Å². The molecule has 2 N–H and O–H groups in total. The van der Waals surface area contributed by atoms with Crippen molar-refractivity contribution in [3.8, 4) is 5.75 Å². The summed E-state index contributed by atoms with van der Waals surface area (Å²) in [5.74, 6) is 1.70. The molecule has 1 aromatic heterocycles. The molecule has 0 saturated carbocycles. The summed E-state index contributed by atoms with van der Waals surface area (Å²) in [5.41, 5.74) is 6.65. The molecule has 0 saturated heterocycles. The molecule has 0 fully saturated rings. The van der Waals surface area contributed by atoms with E-state index >= 15 is 0 Å². The van der Waals surface area contributed by atoms with Crippen molar-refractivity contribution in [3.05, 3.63) is 30.1 Å². The third-order valence-corrected chi connectivity index (χ3v) is 3.74. The Morgan fingerprint density at radius 1 is 1.35 bits per heavy atom. The maximum atomic E-state index is 5.64. The van der Waals surface area contributed by atoms with Gasteiger partial charge in [0.1, 0.15) is 11.6 Å². The molecular formula is C14H20N4OS. The molecule has 2 aromatic rings. The van der Waals surface area contributed by atoms with E-state index in [9.17, 15) is 0 Å². The Bertz CT molecular complexity index is 543. The molecule has 20 heavy (non-hydrogen) atoms. The number of nitrogens with two attached hydrogens (primary N) is 1. The van der Waals surface area contributed by atoms with Crippen LogP contribution in [0.25, 0.3) is 0 Å². The zero-order valence-corrected chi connectivity index (χ0v) is 12.7. The van der Waals surface area contributed by atoms with Crippen molar-refractivity contribution in [2.75, 3.05) is 25.1 Å². The van der Waals surface area contributed by atoms with Gasteiger partial charge in [-0.25, -0.2) is 4.98 Å². The summed E-state index contributed by atoms with van der Waals surface area (Å²) >= 11 is 1.42. The van der Waals surface area contributed by atoms with E-state index in [-0.39, 0.29) is 0 Å². The molecule has 0 aliphatic rings. The fraction of sp³-hybridized carbons (Fsp3) is 0.429. The van der Waals surface area contributed by atoms with Gasteiger partial charge >= 0.3 is 0 Å². The third-order valence-electron chi connectivity index (χ3n) is 2.97. The number of aryl methyl sites for hydroxylation is 1. The number of nitrogens with zero attached hydrogens (tertiary/aromatic N) is 3. The van der Waals surface area contributed by atoms with Crippen molar-refractivity contribution in [1.29, 1.82) is 0 Å². The Balaban J connectivity index is 2.35. The van der Waals surface area contributed by atoms with Crippen LogP contribution in [0.2, 0.25) is 0 Å². The highest BCUT2D eigenvalue weighted by molar-refractivity contribution is 7.09. The molecule has 0 radical (unpaired) electrons. The SMILES string of the molecule is CCc1nsc(N(CCCN)c2ccccc2OC)n1. The summed E-state index contributed by atoms with van der Waals surface area (Å²) in [6.45, 7) is 3.50. The molecule has 1 aromatic carbocycles. The number of hydrogen-bond acceptors (Lipinski definition) is 6. The van der Waals surface area contributed by atoms with Crippen LogP contribution in [0.1, 0.15) is 19.2 Å². The highest BCUT2D eigenvalue weighted by Gasteiger charge is 2.17. The summed E-state index contributed by atoms with van der Waals surface area (Å²) in [6.07, 6.45) is 1.73. The van der Waals surface area contributed by atoms with Gasteiger partial charge in [0, 0.05) is 24.5 Å². The molecule has 5 nitrogen and oxygen atoms in total. The zero-order chi connectivity index (χ0) is 14.4. The van der Waals surface area contributed by atoms with Gasteiger partial charge in [0.25, 0.3) is 0 Å². The second-order valence-electron chi connectivity index (χ2n) is 4.31. The number of methoxy groups -OCH3 is 1. The quantitative estimate of drug-likeness (QED) is 0.849. The van der Waals surface area contributed by atoms with Crippen LogP contribution in [-0.4, -0.2) is 29.6 Å². The predicted molar refractivity (Wildman–Crippen MR) is 83.0 cm³/mol. The summed E-state index contributed by atoms with van der Waals surface area (Å²) < 4.78 is 9.81. The Morgan fingerprint density at radius 3 is 2.80 bits per heavy atom. The average Bonchev–Trinajstić information content (AvgIpc) is 2.97. The first-order valence-electron chi connectivity index (χ1n) is 6.73. The van der Waals surface area contributed by atoms with Crippen molar-refractivity contribution < 1.29 is 4.74 Å². The normalized spacial score (nSPS) is 10.6. The lowest BCUT2D eigenvalue weighted by atomic mass is 10.2. The number of anilines is 2. The van der Waals surface area contributed by atoms with Crippen molar-refractivity contribution in [2.24, 2.45) is 5.73 Å². The number of para-hydroxylation sites is 2. The van der Waals surface area contributed by atoms with Crippen LogP contribution in [-0.2, 0) is 6.42 Å². The van der Waals surface area contributed by atoms with Crippen molar-refractivity contribution in [2.45, 2.75) is 19.8 Å². The molecule has 2 rings (SSSR count). The number of aromatic nitrogens is 2. The fourth-order valence-electron chi connectivity index (χ4n) is 1.92. The Labute approximate surface area is 123 Å². The van der Waals surface area contributed by atoms with Crippen LogP contribution >= 0.6 is 11.5 Å². The van der Waals surface area contributed by atoms with E-state index < -0.39 is 0 Å². The minimum atomic E-state index is 0.644. The van der Waals surface area contributed by atoms with Crippen molar-refractivity contribution in [3.63, 3.8) is 0 Å². The molecular weight excluding hydrogens is 272 g/mol. The topological polar surface area (TPSA) is 64.3 Å². The fourth-order valence-corrected chi connectivity index (χ4v) is 2.71. The van der Waals surface area contributed by atoms with Crippen LogP contribution in [0.5, 0.6) is 5.75 Å². The second-order valence-corrected chi connectivity index (χ2v) is 5.04. The molecule has 0 aliphatic carbocycles. The summed E-state index contributed by atoms with van der Waals surface area (Å²) in [5, 5.41) is 0.889. The number of benzene rings is 1. The molecule has 0 aliphatic heterocycles. The van der Waals surface area contributed by atoms with Crippen molar-refractivity contribution in [1.82, 2.24) is 9.36 Å².